The first kappa shape index (κ1) is 20.9. The third-order valence-corrected chi connectivity index (χ3v) is 3.51. The molecule has 5 atom stereocenters. The van der Waals surface area contributed by atoms with Crippen molar-refractivity contribution in [1.82, 2.24) is 0 Å². The Morgan fingerprint density at radius 2 is 1.40 bits per heavy atom. The Balaban J connectivity index is 3.14. The maximum Gasteiger partial charge on any atom is 0.303 e. The van der Waals surface area contributed by atoms with Crippen LogP contribution < -0.4 is 0 Å². The Morgan fingerprint density at radius 3 is 1.84 bits per heavy atom. The number of esters is 3. The number of hydrogen-bond acceptors (Lipinski definition) is 8. The fraction of sp³-hybridized carbons (Fsp3) is 0.706. The number of rotatable bonds is 7. The number of carbonyl (C=O) groups excluding carboxylic acids is 3. The molecule has 1 fully saturated rings. The van der Waals surface area contributed by atoms with E-state index in [0.717, 1.165) is 0 Å². The quantitative estimate of drug-likeness (QED) is 0.283. The fourth-order valence-corrected chi connectivity index (χ4v) is 2.68. The van der Waals surface area contributed by atoms with Crippen LogP contribution in [0.1, 0.15) is 34.1 Å². The number of terminal acetylenes is 1. The summed E-state index contributed by atoms with van der Waals surface area (Å²) in [5.41, 5.74) is 0. The summed E-state index contributed by atoms with van der Waals surface area (Å²) < 4.78 is 27.1. The van der Waals surface area contributed by atoms with E-state index in [4.69, 9.17) is 30.1 Å². The van der Waals surface area contributed by atoms with Gasteiger partial charge in [-0.25, -0.2) is 0 Å². The van der Waals surface area contributed by atoms with E-state index in [-0.39, 0.29) is 13.2 Å². The van der Waals surface area contributed by atoms with Crippen LogP contribution in [0.4, 0.5) is 0 Å². The first-order valence-electron chi connectivity index (χ1n) is 7.98. The molecule has 25 heavy (non-hydrogen) atoms. The summed E-state index contributed by atoms with van der Waals surface area (Å²) in [5, 5.41) is 0. The molecule has 0 radical (unpaired) electrons. The molecule has 1 saturated heterocycles. The van der Waals surface area contributed by atoms with Gasteiger partial charge in [0.15, 0.2) is 18.3 Å². The molecule has 0 amide bonds. The van der Waals surface area contributed by atoms with E-state index < -0.39 is 48.4 Å². The molecule has 0 saturated carbocycles. The topological polar surface area (TPSA) is 97.4 Å². The van der Waals surface area contributed by atoms with Gasteiger partial charge < -0.3 is 23.7 Å². The third kappa shape index (κ3) is 6.36. The first-order chi connectivity index (χ1) is 11.8. The van der Waals surface area contributed by atoms with Crippen LogP contribution in [0.2, 0.25) is 0 Å². The number of carbonyl (C=O) groups is 3. The van der Waals surface area contributed by atoms with Crippen LogP contribution in [-0.2, 0) is 38.1 Å². The average Bonchev–Trinajstić information content (AvgIpc) is 2.51. The van der Waals surface area contributed by atoms with E-state index in [2.05, 4.69) is 5.92 Å². The highest BCUT2D eigenvalue weighted by molar-refractivity contribution is 5.68. The lowest BCUT2D eigenvalue weighted by molar-refractivity contribution is -0.253. The van der Waals surface area contributed by atoms with Crippen molar-refractivity contribution in [3.8, 4) is 12.3 Å². The minimum atomic E-state index is -1.01. The van der Waals surface area contributed by atoms with Crippen LogP contribution in [0.25, 0.3) is 0 Å². The lowest BCUT2D eigenvalue weighted by Crippen LogP contribution is -2.62. The summed E-state index contributed by atoms with van der Waals surface area (Å²) in [6.07, 6.45) is 1.45. The zero-order chi connectivity index (χ0) is 19.0. The van der Waals surface area contributed by atoms with Gasteiger partial charge in [0.05, 0.1) is 12.7 Å². The zero-order valence-corrected chi connectivity index (χ0v) is 14.9. The Kier molecular flexibility index (Phi) is 8.38. The predicted molar refractivity (Wildman–Crippen MR) is 85.3 cm³/mol. The smallest absolute Gasteiger partial charge is 0.303 e. The van der Waals surface area contributed by atoms with Crippen molar-refractivity contribution in [2.24, 2.45) is 0 Å². The number of ether oxygens (including phenoxy) is 5. The van der Waals surface area contributed by atoms with E-state index >= 15 is 0 Å². The van der Waals surface area contributed by atoms with Crippen LogP contribution in [0, 0.1) is 12.3 Å². The molecule has 0 bridgehead atoms. The van der Waals surface area contributed by atoms with Crippen molar-refractivity contribution in [3.63, 3.8) is 0 Å². The Morgan fingerprint density at radius 1 is 0.920 bits per heavy atom. The van der Waals surface area contributed by atoms with Crippen molar-refractivity contribution in [1.29, 1.82) is 0 Å². The lowest BCUT2D eigenvalue weighted by atomic mass is 9.93. The third-order valence-electron chi connectivity index (χ3n) is 3.51. The zero-order valence-electron chi connectivity index (χ0n) is 14.9. The molecule has 4 unspecified atom stereocenters. The number of hydrogen-bond donors (Lipinski definition) is 0. The first-order valence-corrected chi connectivity index (χ1v) is 7.98. The average molecular weight is 356 g/mol. The normalized spacial score (nSPS) is 28.5. The molecule has 0 aromatic carbocycles. The van der Waals surface area contributed by atoms with Crippen LogP contribution in [0.3, 0.4) is 0 Å². The molecule has 1 aliphatic rings. The van der Waals surface area contributed by atoms with Crippen molar-refractivity contribution < 1.29 is 38.1 Å². The van der Waals surface area contributed by atoms with Gasteiger partial charge in [0.2, 0.25) is 0 Å². The molecular formula is C17H24O8. The van der Waals surface area contributed by atoms with Gasteiger partial charge in [0, 0.05) is 20.8 Å². The highest BCUT2D eigenvalue weighted by atomic mass is 16.7. The fourth-order valence-electron chi connectivity index (χ4n) is 2.68. The summed E-state index contributed by atoms with van der Waals surface area (Å²) >= 11 is 0. The summed E-state index contributed by atoms with van der Waals surface area (Å²) in [7, 11) is 0. The van der Waals surface area contributed by atoms with Crippen molar-refractivity contribution in [2.45, 2.75) is 64.6 Å². The van der Waals surface area contributed by atoms with Gasteiger partial charge in [-0.3, -0.25) is 14.4 Å². The monoisotopic (exact) mass is 356 g/mol. The molecular weight excluding hydrogens is 332 g/mol. The molecule has 0 aromatic heterocycles. The Bertz CT molecular complexity index is 523. The minimum Gasteiger partial charge on any atom is -0.456 e. The van der Waals surface area contributed by atoms with Crippen molar-refractivity contribution in [2.75, 3.05) is 13.2 Å². The summed E-state index contributed by atoms with van der Waals surface area (Å²) in [6, 6.07) is 0. The second-order valence-electron chi connectivity index (χ2n) is 5.56. The molecule has 8 heteroatoms. The molecule has 0 aromatic rings. The molecule has 1 heterocycles. The van der Waals surface area contributed by atoms with Crippen LogP contribution in [0.5, 0.6) is 0 Å². The molecule has 0 N–H and O–H groups in total. The van der Waals surface area contributed by atoms with Crippen LogP contribution >= 0.6 is 0 Å². The van der Waals surface area contributed by atoms with Crippen molar-refractivity contribution in [3.05, 3.63) is 0 Å². The van der Waals surface area contributed by atoms with Gasteiger partial charge in [0.25, 0.3) is 0 Å². The molecule has 8 nitrogen and oxygen atoms in total. The summed E-state index contributed by atoms with van der Waals surface area (Å²) in [5.74, 6) is 0.573. The van der Waals surface area contributed by atoms with Gasteiger partial charge in [-0.15, -0.1) is 6.42 Å². The van der Waals surface area contributed by atoms with Gasteiger partial charge in [-0.05, 0) is 6.42 Å². The summed E-state index contributed by atoms with van der Waals surface area (Å²) in [6.45, 7) is 5.59. The molecule has 1 rings (SSSR count). The molecule has 0 spiro atoms. The maximum atomic E-state index is 11.5. The standard InChI is InChI=1S/C17H24O8/c1-6-8-21-9-14-16(23-11(4)19)17(24-12(5)20)15(22-10(3)18)13(7-2)25-14/h1,13-17H,7-9H2,2-5H3/t13?,14?,15-,16?,17?/m0/s1. The Hall–Kier alpha value is -2.11. The second-order valence-corrected chi connectivity index (χ2v) is 5.56. The van der Waals surface area contributed by atoms with E-state index in [1.165, 1.54) is 20.8 Å². The lowest BCUT2D eigenvalue weighted by Gasteiger charge is -2.44. The van der Waals surface area contributed by atoms with E-state index in [0.29, 0.717) is 6.42 Å². The van der Waals surface area contributed by atoms with Gasteiger partial charge in [0.1, 0.15) is 12.7 Å². The van der Waals surface area contributed by atoms with E-state index in [9.17, 15) is 14.4 Å². The highest BCUT2D eigenvalue weighted by Gasteiger charge is 2.51. The largest absolute Gasteiger partial charge is 0.456 e. The molecule has 140 valence electrons. The predicted octanol–water partition coefficient (Wildman–Crippen LogP) is 0.609. The Labute approximate surface area is 147 Å². The summed E-state index contributed by atoms with van der Waals surface area (Å²) in [4.78, 5) is 34.5. The van der Waals surface area contributed by atoms with Gasteiger partial charge >= 0.3 is 17.9 Å². The van der Waals surface area contributed by atoms with E-state index in [1.807, 2.05) is 6.92 Å². The maximum absolute atomic E-state index is 11.5. The van der Waals surface area contributed by atoms with Crippen molar-refractivity contribution >= 4 is 17.9 Å². The second kappa shape index (κ2) is 10.0. The SMILES string of the molecule is C#CCOCC1OC(CC)[C@H](OC(C)=O)C(OC(C)=O)C1OC(C)=O. The van der Waals surface area contributed by atoms with Gasteiger partial charge in [-0.2, -0.15) is 0 Å². The van der Waals surface area contributed by atoms with Crippen LogP contribution in [0.15, 0.2) is 0 Å². The van der Waals surface area contributed by atoms with Gasteiger partial charge in [-0.1, -0.05) is 12.8 Å². The minimum absolute atomic E-state index is 0.0310. The molecule has 0 aliphatic carbocycles. The molecule has 1 aliphatic heterocycles. The van der Waals surface area contributed by atoms with E-state index in [1.54, 1.807) is 0 Å². The van der Waals surface area contributed by atoms with Crippen LogP contribution in [-0.4, -0.2) is 61.6 Å². The highest BCUT2D eigenvalue weighted by Crippen LogP contribution is 2.30.